The lowest BCUT2D eigenvalue weighted by atomic mass is 10.0. The van der Waals surface area contributed by atoms with Crippen LogP contribution in [0.1, 0.15) is 72.4 Å². The van der Waals surface area contributed by atoms with Crippen molar-refractivity contribution in [3.63, 3.8) is 0 Å². The molecule has 0 saturated heterocycles. The minimum Gasteiger partial charge on any atom is -0.473 e. The van der Waals surface area contributed by atoms with Crippen LogP contribution in [0.25, 0.3) is 22.1 Å². The first-order chi connectivity index (χ1) is 31.5. The number of rotatable bonds is 13. The molecule has 8 atom stereocenters. The summed E-state index contributed by atoms with van der Waals surface area (Å²) in [6.45, 7) is 8.83. The van der Waals surface area contributed by atoms with Crippen molar-refractivity contribution in [2.24, 2.45) is 0 Å². The predicted octanol–water partition coefficient (Wildman–Crippen LogP) is 3.27. The number of hydrogen-bond acceptors (Lipinski definition) is 16. The van der Waals surface area contributed by atoms with Crippen LogP contribution in [0.5, 0.6) is 23.5 Å². The van der Waals surface area contributed by atoms with E-state index in [4.69, 9.17) is 23.7 Å². The lowest BCUT2D eigenvalue weighted by Crippen LogP contribution is -2.38. The number of halogens is 2. The summed E-state index contributed by atoms with van der Waals surface area (Å²) in [5, 5.41) is 42.7. The van der Waals surface area contributed by atoms with Gasteiger partial charge in [-0.15, -0.1) is 0 Å². The smallest absolute Gasteiger partial charge is 0.254 e. The minimum atomic E-state index is -1.28. The highest BCUT2D eigenvalue weighted by Crippen LogP contribution is 2.41. The molecule has 2 aliphatic carbocycles. The predicted molar refractivity (Wildman–Crippen MR) is 229 cm³/mol. The van der Waals surface area contributed by atoms with Crippen LogP contribution in [-0.4, -0.2) is 123 Å². The molecular weight excluding hydrogens is 847 g/mol. The molecule has 10 rings (SSSR count). The van der Waals surface area contributed by atoms with E-state index in [2.05, 4.69) is 40.5 Å². The maximum absolute atomic E-state index is 16.2. The lowest BCUT2D eigenvalue weighted by molar-refractivity contribution is -0.0654. The normalized spacial score (nSPS) is 25.3. The molecule has 0 radical (unpaired) electrons. The topological polar surface area (TPSA) is 218 Å². The van der Waals surface area contributed by atoms with Crippen molar-refractivity contribution in [1.82, 2.24) is 49.7 Å². The maximum atomic E-state index is 16.2. The Labute approximate surface area is 372 Å². The second kappa shape index (κ2) is 17.6. The van der Waals surface area contributed by atoms with Gasteiger partial charge in [-0.05, 0) is 65.8 Å². The monoisotopic (exact) mass is 898 g/mol. The zero-order valence-corrected chi connectivity index (χ0v) is 36.4. The molecule has 2 fully saturated rings. The summed E-state index contributed by atoms with van der Waals surface area (Å²) in [5.74, 6) is -1.33. The second-order valence-electron chi connectivity index (χ2n) is 17.4. The molecule has 2 aliphatic heterocycles. The number of nitrogens with one attached hydrogen (secondary N) is 2. The SMILES string of the molecule is Cc1ncnc2c1ccn2[C@@H]1C[C@H](Oc2nc(OCCO[C@@H]3[C@H](O)[C@@H](Oc4nc(OC(C)C)c(F)c5c4CNCC5)C[C@H]3n3ccc4c(C)ncnc43)c(F)c3c2CNCC3)[C@@H](O)[C@H]1O. The van der Waals surface area contributed by atoms with E-state index in [0.29, 0.717) is 66.0 Å². The molecule has 6 aromatic rings. The molecule has 8 heterocycles. The van der Waals surface area contributed by atoms with Crippen molar-refractivity contribution in [3.05, 3.63) is 82.5 Å². The summed E-state index contributed by atoms with van der Waals surface area (Å²) in [4.78, 5) is 26.5. The zero-order chi connectivity index (χ0) is 45.1. The fourth-order valence-electron chi connectivity index (χ4n) is 9.78. The van der Waals surface area contributed by atoms with E-state index < -0.39 is 60.3 Å². The Balaban J connectivity index is 0.882. The number of nitrogens with zero attached hydrogens (tertiary/aromatic N) is 8. The van der Waals surface area contributed by atoms with Gasteiger partial charge in [0.1, 0.15) is 67.2 Å². The highest BCUT2D eigenvalue weighted by molar-refractivity contribution is 5.79. The van der Waals surface area contributed by atoms with E-state index in [1.807, 2.05) is 47.5 Å². The summed E-state index contributed by atoms with van der Waals surface area (Å²) >= 11 is 0. The molecule has 0 aromatic carbocycles. The van der Waals surface area contributed by atoms with Gasteiger partial charge in [-0.3, -0.25) is 0 Å². The van der Waals surface area contributed by atoms with E-state index in [0.717, 1.165) is 22.2 Å². The van der Waals surface area contributed by atoms with Gasteiger partial charge in [0.2, 0.25) is 11.8 Å². The molecule has 4 aliphatic rings. The van der Waals surface area contributed by atoms with E-state index in [1.54, 1.807) is 13.8 Å². The maximum Gasteiger partial charge on any atom is 0.254 e. The standard InChI is InChI=1S/C45H52F2N10O8/c1-21(2)63-45-35(47)27-6-10-49-18-29(27)43(55-45)65-33-16-31(57-12-8-25-23(4)51-20-53-41(25)57)39(38(33)60)61-13-14-62-44-34(46)26-5-9-48-17-28(26)42(54-44)64-32-15-30(36(58)37(32)59)56-11-7-24-22(3)50-19-52-40(24)56/h7-8,11-12,19-21,30-33,36-39,48-49,58-60H,5-6,9-10,13-18H2,1-4H3/t30-,31-,32+,33+,36+,37-,38-,39+/m1/s1. The van der Waals surface area contributed by atoms with Crippen LogP contribution in [0, 0.1) is 25.5 Å². The van der Waals surface area contributed by atoms with Crippen LogP contribution in [0.2, 0.25) is 0 Å². The summed E-state index contributed by atoms with van der Waals surface area (Å²) in [6.07, 6.45) is 1.31. The van der Waals surface area contributed by atoms with Gasteiger partial charge in [0.25, 0.3) is 11.8 Å². The van der Waals surface area contributed by atoms with Crippen LogP contribution in [0.4, 0.5) is 8.78 Å². The second-order valence-corrected chi connectivity index (χ2v) is 17.4. The van der Waals surface area contributed by atoms with Crippen molar-refractivity contribution in [2.45, 2.75) is 121 Å². The Kier molecular flexibility index (Phi) is 11.7. The number of pyridine rings is 2. The Bertz CT molecular complexity index is 2740. The molecule has 0 spiro atoms. The van der Waals surface area contributed by atoms with Gasteiger partial charge in [0.15, 0.2) is 11.6 Å². The van der Waals surface area contributed by atoms with Crippen LogP contribution in [-0.2, 0) is 30.7 Å². The summed E-state index contributed by atoms with van der Waals surface area (Å²) < 4.78 is 66.6. The number of hydrogen-bond donors (Lipinski definition) is 5. The molecule has 0 bridgehead atoms. The van der Waals surface area contributed by atoms with Gasteiger partial charge < -0.3 is 58.8 Å². The molecule has 344 valence electrons. The minimum absolute atomic E-state index is 0.0856. The average Bonchev–Trinajstić information content (AvgIpc) is 4.07. The van der Waals surface area contributed by atoms with Gasteiger partial charge in [-0.2, -0.15) is 9.97 Å². The highest BCUT2D eigenvalue weighted by Gasteiger charge is 2.48. The van der Waals surface area contributed by atoms with Crippen molar-refractivity contribution in [3.8, 4) is 23.5 Å². The summed E-state index contributed by atoms with van der Waals surface area (Å²) in [7, 11) is 0. The van der Waals surface area contributed by atoms with E-state index in [9.17, 15) is 15.3 Å². The molecule has 20 heteroatoms. The third kappa shape index (κ3) is 7.88. The lowest BCUT2D eigenvalue weighted by Gasteiger charge is -2.26. The van der Waals surface area contributed by atoms with E-state index in [-0.39, 0.29) is 62.2 Å². The largest absolute Gasteiger partial charge is 0.473 e. The molecule has 65 heavy (non-hydrogen) atoms. The van der Waals surface area contributed by atoms with Crippen LogP contribution in [0.15, 0.2) is 37.2 Å². The van der Waals surface area contributed by atoms with Crippen LogP contribution >= 0.6 is 0 Å². The Morgan fingerprint density at radius 1 is 0.677 bits per heavy atom. The highest BCUT2D eigenvalue weighted by atomic mass is 19.1. The van der Waals surface area contributed by atoms with Gasteiger partial charge in [0, 0.05) is 71.4 Å². The first-order valence-electron chi connectivity index (χ1n) is 22.2. The van der Waals surface area contributed by atoms with Crippen molar-refractivity contribution in [1.29, 1.82) is 0 Å². The third-order valence-electron chi connectivity index (χ3n) is 13.1. The molecule has 2 saturated carbocycles. The Morgan fingerprint density at radius 3 is 1.82 bits per heavy atom. The summed E-state index contributed by atoms with van der Waals surface area (Å²) in [5.41, 5.74) is 4.78. The third-order valence-corrected chi connectivity index (χ3v) is 13.1. The fraction of sp³-hybridized carbons (Fsp3) is 0.511. The molecule has 0 unspecified atom stereocenters. The molecule has 6 aromatic heterocycles. The first kappa shape index (κ1) is 43.3. The Morgan fingerprint density at radius 2 is 1.22 bits per heavy atom. The van der Waals surface area contributed by atoms with Crippen molar-refractivity contribution >= 4 is 22.1 Å². The number of aryl methyl sites for hydroxylation is 2. The van der Waals surface area contributed by atoms with Gasteiger partial charge in [-0.1, -0.05) is 0 Å². The zero-order valence-electron chi connectivity index (χ0n) is 36.4. The van der Waals surface area contributed by atoms with E-state index in [1.165, 1.54) is 12.7 Å². The number of aliphatic hydroxyl groups excluding tert-OH is 3. The first-order valence-corrected chi connectivity index (χ1v) is 22.2. The number of ether oxygens (including phenoxy) is 5. The molecule has 18 nitrogen and oxygen atoms in total. The quantitative estimate of drug-likeness (QED) is 0.105. The molecule has 5 N–H and O–H groups in total. The number of aliphatic hydroxyl groups is 3. The van der Waals surface area contributed by atoms with Gasteiger partial charge in [0.05, 0.1) is 36.2 Å². The average molecular weight is 899 g/mol. The van der Waals surface area contributed by atoms with Gasteiger partial charge in [-0.25, -0.2) is 28.7 Å². The summed E-state index contributed by atoms with van der Waals surface area (Å²) in [6, 6.07) is 2.73. The van der Waals surface area contributed by atoms with Crippen molar-refractivity contribution < 1.29 is 47.8 Å². The van der Waals surface area contributed by atoms with Crippen LogP contribution < -0.4 is 29.6 Å². The molecule has 0 amide bonds. The number of aromatic nitrogens is 8. The van der Waals surface area contributed by atoms with Gasteiger partial charge >= 0.3 is 0 Å². The van der Waals surface area contributed by atoms with E-state index >= 15 is 8.78 Å². The van der Waals surface area contributed by atoms with Crippen LogP contribution in [0.3, 0.4) is 0 Å². The molecular formula is C45H52F2N10O8. The fourth-order valence-corrected chi connectivity index (χ4v) is 9.78. The number of fused-ring (bicyclic) bond motifs is 4. The Hall–Kier alpha value is -5.64. The van der Waals surface area contributed by atoms with Crippen molar-refractivity contribution in [2.75, 3.05) is 26.3 Å².